The molecular formula is C19H26N2O3. The first-order valence-electron chi connectivity index (χ1n) is 8.37. The third kappa shape index (κ3) is 5.20. The maximum atomic E-state index is 12.3. The van der Waals surface area contributed by atoms with Crippen LogP contribution in [0.15, 0.2) is 30.3 Å². The van der Waals surface area contributed by atoms with Crippen molar-refractivity contribution in [1.82, 2.24) is 9.80 Å². The molecule has 130 valence electrons. The van der Waals surface area contributed by atoms with Crippen LogP contribution in [0.2, 0.25) is 0 Å². The zero-order valence-electron chi connectivity index (χ0n) is 14.7. The van der Waals surface area contributed by atoms with E-state index >= 15 is 0 Å². The lowest BCUT2D eigenvalue weighted by Crippen LogP contribution is -2.49. The largest absolute Gasteiger partial charge is 0.465 e. The Bertz CT molecular complexity index is 585. The lowest BCUT2D eigenvalue weighted by molar-refractivity contribution is -0.127. The number of amides is 1. The van der Waals surface area contributed by atoms with Gasteiger partial charge in [-0.05, 0) is 29.7 Å². The van der Waals surface area contributed by atoms with E-state index in [2.05, 4.69) is 23.5 Å². The van der Waals surface area contributed by atoms with E-state index in [9.17, 15) is 9.59 Å². The van der Waals surface area contributed by atoms with Gasteiger partial charge in [0.1, 0.15) is 0 Å². The summed E-state index contributed by atoms with van der Waals surface area (Å²) in [5.41, 5.74) is 1.39. The van der Waals surface area contributed by atoms with Crippen molar-refractivity contribution in [2.75, 3.05) is 39.8 Å². The number of hydrogen-bond donors (Lipinski definition) is 0. The van der Waals surface area contributed by atoms with E-state index in [-0.39, 0.29) is 11.9 Å². The van der Waals surface area contributed by atoms with Crippen LogP contribution in [0.3, 0.4) is 0 Å². The van der Waals surface area contributed by atoms with Crippen LogP contribution in [-0.4, -0.2) is 61.5 Å². The monoisotopic (exact) mass is 330 g/mol. The first-order chi connectivity index (χ1) is 11.5. The van der Waals surface area contributed by atoms with E-state index in [0.29, 0.717) is 11.5 Å². The van der Waals surface area contributed by atoms with Crippen LogP contribution in [-0.2, 0) is 9.53 Å². The van der Waals surface area contributed by atoms with Gasteiger partial charge in [-0.3, -0.25) is 9.69 Å². The quantitative estimate of drug-likeness (QED) is 0.614. The molecule has 1 fully saturated rings. The molecule has 5 heteroatoms. The Morgan fingerprint density at radius 3 is 2.29 bits per heavy atom. The van der Waals surface area contributed by atoms with Gasteiger partial charge in [0, 0.05) is 38.8 Å². The third-order valence-electron chi connectivity index (χ3n) is 4.06. The van der Waals surface area contributed by atoms with Crippen LogP contribution in [0, 0.1) is 5.92 Å². The lowest BCUT2D eigenvalue weighted by atomic mass is 10.1. The van der Waals surface area contributed by atoms with Crippen molar-refractivity contribution in [2.45, 2.75) is 13.8 Å². The Balaban J connectivity index is 1.86. The van der Waals surface area contributed by atoms with Crippen molar-refractivity contribution in [2.24, 2.45) is 5.92 Å². The predicted molar refractivity (Wildman–Crippen MR) is 94.7 cm³/mol. The van der Waals surface area contributed by atoms with Crippen molar-refractivity contribution in [3.05, 3.63) is 41.5 Å². The minimum absolute atomic E-state index is 0.0382. The van der Waals surface area contributed by atoms with Crippen LogP contribution in [0.5, 0.6) is 0 Å². The molecule has 1 aromatic rings. The summed E-state index contributed by atoms with van der Waals surface area (Å²) >= 11 is 0. The normalized spacial score (nSPS) is 15.9. The highest BCUT2D eigenvalue weighted by molar-refractivity contribution is 5.92. The number of nitrogens with zero attached hydrogens (tertiary/aromatic N) is 2. The van der Waals surface area contributed by atoms with Crippen LogP contribution in [0.1, 0.15) is 29.8 Å². The van der Waals surface area contributed by atoms with Gasteiger partial charge in [0.05, 0.1) is 12.7 Å². The second kappa shape index (κ2) is 8.64. The standard InChI is InChI=1S/C19H26N2O3/c1-15(2)14-20-10-12-21(13-11-20)18(22)9-6-16-4-7-17(8-5-16)19(23)24-3/h4-9,15H,10-14H2,1-3H3. The first-order valence-corrected chi connectivity index (χ1v) is 8.37. The zero-order valence-corrected chi connectivity index (χ0v) is 14.7. The molecule has 0 N–H and O–H groups in total. The Morgan fingerprint density at radius 1 is 1.12 bits per heavy atom. The van der Waals surface area contributed by atoms with Gasteiger partial charge in [-0.25, -0.2) is 4.79 Å². The van der Waals surface area contributed by atoms with Crippen molar-refractivity contribution in [3.8, 4) is 0 Å². The van der Waals surface area contributed by atoms with Crippen molar-refractivity contribution in [1.29, 1.82) is 0 Å². The maximum Gasteiger partial charge on any atom is 0.337 e. The number of carbonyl (C=O) groups is 2. The van der Waals surface area contributed by atoms with Crippen LogP contribution in [0.25, 0.3) is 6.08 Å². The molecule has 0 aliphatic carbocycles. The van der Waals surface area contributed by atoms with E-state index in [4.69, 9.17) is 0 Å². The Hall–Kier alpha value is -2.14. The Labute approximate surface area is 143 Å². The molecule has 0 spiro atoms. The minimum atomic E-state index is -0.360. The van der Waals surface area contributed by atoms with Gasteiger partial charge in [-0.2, -0.15) is 0 Å². The molecule has 2 rings (SSSR count). The van der Waals surface area contributed by atoms with E-state index in [1.54, 1.807) is 36.4 Å². The summed E-state index contributed by atoms with van der Waals surface area (Å²) in [6, 6.07) is 6.99. The highest BCUT2D eigenvalue weighted by Gasteiger charge is 2.19. The SMILES string of the molecule is COC(=O)c1ccc(C=CC(=O)N2CCN(CC(C)C)CC2)cc1. The summed E-state index contributed by atoms with van der Waals surface area (Å²) < 4.78 is 4.66. The molecule has 0 radical (unpaired) electrons. The van der Waals surface area contributed by atoms with E-state index < -0.39 is 0 Å². The minimum Gasteiger partial charge on any atom is -0.465 e. The molecule has 0 unspecified atom stereocenters. The summed E-state index contributed by atoms with van der Waals surface area (Å²) in [7, 11) is 1.36. The molecule has 24 heavy (non-hydrogen) atoms. The van der Waals surface area contributed by atoms with Crippen molar-refractivity contribution < 1.29 is 14.3 Å². The van der Waals surface area contributed by atoms with Gasteiger partial charge in [0.2, 0.25) is 5.91 Å². The number of benzene rings is 1. The van der Waals surface area contributed by atoms with Gasteiger partial charge < -0.3 is 9.64 Å². The molecule has 0 atom stereocenters. The summed E-state index contributed by atoms with van der Waals surface area (Å²) in [4.78, 5) is 27.9. The summed E-state index contributed by atoms with van der Waals surface area (Å²) in [6.45, 7) is 8.94. The number of ether oxygens (including phenoxy) is 1. The number of rotatable bonds is 5. The van der Waals surface area contributed by atoms with E-state index in [1.165, 1.54) is 7.11 Å². The molecule has 1 aliphatic rings. The molecule has 0 saturated carbocycles. The fourth-order valence-corrected chi connectivity index (χ4v) is 2.79. The average molecular weight is 330 g/mol. The Kier molecular flexibility index (Phi) is 6.55. The molecule has 1 saturated heterocycles. The molecule has 1 aliphatic heterocycles. The van der Waals surface area contributed by atoms with Crippen LogP contribution in [0.4, 0.5) is 0 Å². The highest BCUT2D eigenvalue weighted by atomic mass is 16.5. The molecule has 1 heterocycles. The van der Waals surface area contributed by atoms with Crippen molar-refractivity contribution in [3.63, 3.8) is 0 Å². The second-order valence-corrected chi connectivity index (χ2v) is 6.47. The molecule has 1 aromatic carbocycles. The molecular weight excluding hydrogens is 304 g/mol. The second-order valence-electron chi connectivity index (χ2n) is 6.47. The average Bonchev–Trinajstić information content (AvgIpc) is 2.59. The first kappa shape index (κ1) is 18.2. The molecule has 0 bridgehead atoms. The molecule has 1 amide bonds. The lowest BCUT2D eigenvalue weighted by Gasteiger charge is -2.35. The number of piperazine rings is 1. The van der Waals surface area contributed by atoms with Gasteiger partial charge in [0.15, 0.2) is 0 Å². The Morgan fingerprint density at radius 2 is 1.75 bits per heavy atom. The molecule has 5 nitrogen and oxygen atoms in total. The number of carbonyl (C=O) groups excluding carboxylic acids is 2. The van der Waals surface area contributed by atoms with Gasteiger partial charge in [-0.1, -0.05) is 26.0 Å². The predicted octanol–water partition coefficient (Wildman–Crippen LogP) is 2.29. The fraction of sp³-hybridized carbons (Fsp3) is 0.474. The number of esters is 1. The number of methoxy groups -OCH3 is 1. The summed E-state index contributed by atoms with van der Waals surface area (Å²) in [5, 5.41) is 0. The highest BCUT2D eigenvalue weighted by Crippen LogP contribution is 2.09. The van der Waals surface area contributed by atoms with E-state index in [1.807, 2.05) is 4.90 Å². The summed E-state index contributed by atoms with van der Waals surface area (Å²) in [6.07, 6.45) is 3.38. The maximum absolute atomic E-state index is 12.3. The van der Waals surface area contributed by atoms with Crippen LogP contribution >= 0.6 is 0 Å². The van der Waals surface area contributed by atoms with E-state index in [0.717, 1.165) is 38.3 Å². The van der Waals surface area contributed by atoms with Crippen molar-refractivity contribution >= 4 is 18.0 Å². The third-order valence-corrected chi connectivity index (χ3v) is 4.06. The smallest absolute Gasteiger partial charge is 0.337 e. The molecule has 0 aromatic heterocycles. The summed E-state index contributed by atoms with van der Waals surface area (Å²) in [5.74, 6) is 0.331. The van der Waals surface area contributed by atoms with Gasteiger partial charge in [-0.15, -0.1) is 0 Å². The van der Waals surface area contributed by atoms with Gasteiger partial charge in [0.25, 0.3) is 0 Å². The zero-order chi connectivity index (χ0) is 17.5. The fourth-order valence-electron chi connectivity index (χ4n) is 2.79. The number of hydrogen-bond acceptors (Lipinski definition) is 4. The van der Waals surface area contributed by atoms with Crippen LogP contribution < -0.4 is 0 Å². The van der Waals surface area contributed by atoms with Gasteiger partial charge >= 0.3 is 5.97 Å². The topological polar surface area (TPSA) is 49.9 Å².